The lowest BCUT2D eigenvalue weighted by Gasteiger charge is -2.70. The fourth-order valence-electron chi connectivity index (χ4n) is 11.8. The maximum absolute atomic E-state index is 14.2. The SMILES string of the molecule is CC(C)[C@H](NC(=O)OC(C)(C)C)C(=O)O[C@@H]1C[C@@H]2[C@@]3(C)CC[C@H](O)C(C)(C)[C@@H]3CC[C@@]2(C)[C@]2(C)CC[C@H]([C@](C)(O)CCCC(C)(C)O)[C@@H]12. The first-order valence-electron chi connectivity index (χ1n) is 19.0. The summed E-state index contributed by atoms with van der Waals surface area (Å²) in [5.41, 5.74) is -2.96. The number of aliphatic hydroxyl groups is 3. The number of carbonyl (C=O) groups is 2. The normalized spacial score (nSPS) is 39.8. The van der Waals surface area contributed by atoms with Gasteiger partial charge in [0.05, 0.1) is 17.3 Å². The molecule has 0 aromatic rings. The van der Waals surface area contributed by atoms with Crippen LogP contribution in [0.25, 0.3) is 0 Å². The van der Waals surface area contributed by atoms with Crippen molar-refractivity contribution in [3.05, 3.63) is 0 Å². The summed E-state index contributed by atoms with van der Waals surface area (Å²) in [6, 6.07) is -0.870. The average molecular weight is 678 g/mol. The Bertz CT molecular complexity index is 1180. The molecule has 0 unspecified atom stereocenters. The highest BCUT2D eigenvalue weighted by molar-refractivity contribution is 5.81. The van der Waals surface area contributed by atoms with Crippen molar-refractivity contribution >= 4 is 12.1 Å². The lowest BCUT2D eigenvalue weighted by Crippen LogP contribution is -2.67. The third kappa shape index (κ3) is 7.20. The molecule has 0 radical (unpaired) electrons. The molecular formula is C40H71NO7. The third-order valence-corrected chi connectivity index (χ3v) is 14.5. The molecule has 1 amide bonds. The summed E-state index contributed by atoms with van der Waals surface area (Å²) in [6.07, 6.45) is 6.78. The first-order valence-corrected chi connectivity index (χ1v) is 19.0. The number of hydrogen-bond acceptors (Lipinski definition) is 7. The predicted octanol–water partition coefficient (Wildman–Crippen LogP) is 7.80. The van der Waals surface area contributed by atoms with Crippen LogP contribution in [-0.2, 0) is 14.3 Å². The molecule has 8 nitrogen and oxygen atoms in total. The molecule has 0 saturated heterocycles. The van der Waals surface area contributed by atoms with Crippen molar-refractivity contribution in [3.8, 4) is 0 Å². The second kappa shape index (κ2) is 13.0. The van der Waals surface area contributed by atoms with Gasteiger partial charge in [-0.05, 0) is 151 Å². The molecule has 4 rings (SSSR count). The van der Waals surface area contributed by atoms with E-state index in [-0.39, 0.29) is 51.4 Å². The van der Waals surface area contributed by atoms with Crippen molar-refractivity contribution in [1.82, 2.24) is 5.32 Å². The van der Waals surface area contributed by atoms with Gasteiger partial charge in [0.25, 0.3) is 0 Å². The van der Waals surface area contributed by atoms with Crippen molar-refractivity contribution < 1.29 is 34.4 Å². The Morgan fingerprint density at radius 2 is 1.46 bits per heavy atom. The summed E-state index contributed by atoms with van der Waals surface area (Å²) in [5, 5.41) is 36.6. The number of hydrogen-bond donors (Lipinski definition) is 4. The van der Waals surface area contributed by atoms with Crippen LogP contribution < -0.4 is 5.32 Å². The van der Waals surface area contributed by atoms with Gasteiger partial charge in [0, 0.05) is 5.92 Å². The van der Waals surface area contributed by atoms with Gasteiger partial charge in [-0.3, -0.25) is 0 Å². The molecule has 4 fully saturated rings. The number of carbonyl (C=O) groups excluding carboxylic acids is 2. The molecule has 0 heterocycles. The largest absolute Gasteiger partial charge is 0.461 e. The number of amides is 1. The minimum absolute atomic E-state index is 0.0334. The van der Waals surface area contributed by atoms with Crippen LogP contribution in [-0.4, -0.2) is 62.4 Å². The van der Waals surface area contributed by atoms with Crippen molar-refractivity contribution in [2.24, 2.45) is 51.2 Å². The lowest BCUT2D eigenvalue weighted by molar-refractivity contribution is -0.251. The monoisotopic (exact) mass is 678 g/mol. The van der Waals surface area contributed by atoms with Gasteiger partial charge < -0.3 is 30.1 Å². The summed E-state index contributed by atoms with van der Waals surface area (Å²) >= 11 is 0. The van der Waals surface area contributed by atoms with Crippen LogP contribution >= 0.6 is 0 Å². The molecule has 4 saturated carbocycles. The number of nitrogens with one attached hydrogen (secondary N) is 1. The van der Waals surface area contributed by atoms with E-state index in [1.807, 2.05) is 34.6 Å². The summed E-state index contributed by atoms with van der Waals surface area (Å²) in [6.45, 7) is 26.6. The Hall–Kier alpha value is -1.38. The van der Waals surface area contributed by atoms with E-state index in [0.29, 0.717) is 31.6 Å². The van der Waals surface area contributed by atoms with Gasteiger partial charge >= 0.3 is 12.1 Å². The first-order chi connectivity index (χ1) is 21.7. The first kappa shape index (κ1) is 39.4. The van der Waals surface area contributed by atoms with Gasteiger partial charge in [0.1, 0.15) is 17.7 Å². The molecule has 278 valence electrons. The molecule has 0 aromatic carbocycles. The average Bonchev–Trinajstić information content (AvgIpc) is 3.29. The van der Waals surface area contributed by atoms with Crippen LogP contribution in [0.15, 0.2) is 0 Å². The van der Waals surface area contributed by atoms with Crippen molar-refractivity contribution in [1.29, 1.82) is 0 Å². The van der Waals surface area contributed by atoms with Crippen molar-refractivity contribution in [3.63, 3.8) is 0 Å². The smallest absolute Gasteiger partial charge is 0.408 e. The van der Waals surface area contributed by atoms with E-state index in [2.05, 4.69) is 39.9 Å². The van der Waals surface area contributed by atoms with Crippen LogP contribution in [0.4, 0.5) is 4.79 Å². The lowest BCUT2D eigenvalue weighted by atomic mass is 9.35. The van der Waals surface area contributed by atoms with E-state index >= 15 is 0 Å². The van der Waals surface area contributed by atoms with Crippen LogP contribution in [0, 0.1) is 51.2 Å². The van der Waals surface area contributed by atoms with Crippen LogP contribution in [0.5, 0.6) is 0 Å². The maximum atomic E-state index is 14.2. The number of esters is 1. The Labute approximate surface area is 291 Å². The topological polar surface area (TPSA) is 125 Å². The van der Waals surface area contributed by atoms with Gasteiger partial charge in [-0.2, -0.15) is 0 Å². The molecule has 4 aliphatic carbocycles. The second-order valence-electron chi connectivity index (χ2n) is 20.1. The third-order valence-electron chi connectivity index (χ3n) is 14.5. The minimum Gasteiger partial charge on any atom is -0.461 e. The Kier molecular flexibility index (Phi) is 10.7. The molecule has 4 aliphatic rings. The minimum atomic E-state index is -0.994. The Balaban J connectivity index is 1.74. The highest BCUT2D eigenvalue weighted by Crippen LogP contribution is 2.76. The fourth-order valence-corrected chi connectivity index (χ4v) is 11.8. The fraction of sp³-hybridized carbons (Fsp3) is 0.950. The van der Waals surface area contributed by atoms with Crippen LogP contribution in [0.1, 0.15) is 154 Å². The van der Waals surface area contributed by atoms with E-state index < -0.39 is 41.0 Å². The van der Waals surface area contributed by atoms with Crippen LogP contribution in [0.2, 0.25) is 0 Å². The van der Waals surface area contributed by atoms with Crippen molar-refractivity contribution in [2.45, 2.75) is 189 Å². The highest BCUT2D eigenvalue weighted by Gasteiger charge is 2.72. The van der Waals surface area contributed by atoms with Gasteiger partial charge in [-0.15, -0.1) is 0 Å². The van der Waals surface area contributed by atoms with Crippen molar-refractivity contribution in [2.75, 3.05) is 0 Å². The molecule has 0 spiro atoms. The molecule has 11 atom stereocenters. The van der Waals surface area contributed by atoms with Gasteiger partial charge in [-0.1, -0.05) is 48.5 Å². The molecule has 0 aliphatic heterocycles. The van der Waals surface area contributed by atoms with Gasteiger partial charge in [0.2, 0.25) is 0 Å². The zero-order valence-electron chi connectivity index (χ0n) is 32.7. The predicted molar refractivity (Wildman–Crippen MR) is 189 cm³/mol. The van der Waals surface area contributed by atoms with E-state index in [1.54, 1.807) is 20.8 Å². The molecule has 4 N–H and O–H groups in total. The number of fused-ring (bicyclic) bond motifs is 5. The molecule has 8 heteroatoms. The summed E-state index contributed by atoms with van der Waals surface area (Å²) in [7, 11) is 0. The van der Waals surface area contributed by atoms with E-state index in [9.17, 15) is 24.9 Å². The van der Waals surface area contributed by atoms with Crippen LogP contribution in [0.3, 0.4) is 0 Å². The molecule has 48 heavy (non-hydrogen) atoms. The molecule has 0 aromatic heterocycles. The summed E-state index contributed by atoms with van der Waals surface area (Å²) < 4.78 is 12.2. The summed E-state index contributed by atoms with van der Waals surface area (Å²) in [4.78, 5) is 27.1. The second-order valence-corrected chi connectivity index (χ2v) is 20.1. The number of rotatable bonds is 9. The van der Waals surface area contributed by atoms with E-state index in [4.69, 9.17) is 9.47 Å². The van der Waals surface area contributed by atoms with Gasteiger partial charge in [0.15, 0.2) is 0 Å². The molecule has 0 bridgehead atoms. The number of ether oxygens (including phenoxy) is 2. The highest BCUT2D eigenvalue weighted by atomic mass is 16.6. The van der Waals surface area contributed by atoms with E-state index in [1.165, 1.54) is 0 Å². The Morgan fingerprint density at radius 3 is 2.02 bits per heavy atom. The zero-order valence-corrected chi connectivity index (χ0v) is 32.7. The summed E-state index contributed by atoms with van der Waals surface area (Å²) in [5.74, 6) is -0.182. The van der Waals surface area contributed by atoms with Gasteiger partial charge in [-0.25, -0.2) is 9.59 Å². The standard InChI is InChI=1S/C40H71NO7/c1-24(2)31(41-33(44)48-34(3,4)5)32(43)47-26-23-28-37(10)20-17-29(42)36(8,9)27(37)16-22-38(28,11)39(12)21-15-25(30(26)39)40(13,46)19-14-18-35(6,7)45/h24-31,42,45-46H,14-23H2,1-13H3,(H,41,44)/t25-,26+,27-,28+,29-,30-,31-,37-,38+,39+,40+/m0/s1. The molecular weight excluding hydrogens is 606 g/mol. The number of alkyl carbamates (subject to hydrolysis) is 1. The quantitative estimate of drug-likeness (QED) is 0.184. The van der Waals surface area contributed by atoms with E-state index in [0.717, 1.165) is 38.5 Å². The number of aliphatic hydroxyl groups excluding tert-OH is 1. The Morgan fingerprint density at radius 1 is 0.854 bits per heavy atom. The zero-order chi connectivity index (χ0) is 36.5. The maximum Gasteiger partial charge on any atom is 0.408 e.